The third kappa shape index (κ3) is 4.11. The molecule has 25 heavy (non-hydrogen) atoms. The van der Waals surface area contributed by atoms with Crippen molar-refractivity contribution in [3.05, 3.63) is 77.9 Å². The zero-order valence-electron chi connectivity index (χ0n) is 12.9. The number of hydrogen-bond acceptors (Lipinski definition) is 5. The van der Waals surface area contributed by atoms with E-state index in [1.54, 1.807) is 18.5 Å². The summed E-state index contributed by atoms with van der Waals surface area (Å²) in [5, 5.41) is 5.13. The van der Waals surface area contributed by atoms with E-state index in [9.17, 15) is 13.6 Å². The molecule has 6 nitrogen and oxygen atoms in total. The predicted octanol–water partition coefficient (Wildman–Crippen LogP) is 3.01. The minimum absolute atomic E-state index is 0.0219. The summed E-state index contributed by atoms with van der Waals surface area (Å²) >= 11 is 0. The Morgan fingerprint density at radius 3 is 2.56 bits per heavy atom. The van der Waals surface area contributed by atoms with Crippen molar-refractivity contribution in [3.8, 4) is 0 Å². The molecule has 0 aliphatic carbocycles. The van der Waals surface area contributed by atoms with E-state index in [0.717, 1.165) is 17.7 Å². The van der Waals surface area contributed by atoms with Crippen molar-refractivity contribution in [2.24, 2.45) is 0 Å². The van der Waals surface area contributed by atoms with Gasteiger partial charge in [0, 0.05) is 25.1 Å². The number of pyridine rings is 1. The minimum atomic E-state index is -0.864. The predicted molar refractivity (Wildman–Crippen MR) is 87.9 cm³/mol. The molecule has 0 saturated carbocycles. The number of hydrogen-bond donors (Lipinski definition) is 2. The number of nitrogens with zero attached hydrogens (tertiary/aromatic N) is 3. The number of rotatable bonds is 5. The number of nitrogens with one attached hydrogen (secondary N) is 2. The number of halogens is 2. The average molecular weight is 341 g/mol. The van der Waals surface area contributed by atoms with Crippen molar-refractivity contribution in [1.29, 1.82) is 0 Å². The van der Waals surface area contributed by atoms with Crippen molar-refractivity contribution in [1.82, 2.24) is 15.0 Å². The summed E-state index contributed by atoms with van der Waals surface area (Å²) < 4.78 is 27.2. The Morgan fingerprint density at radius 2 is 1.84 bits per heavy atom. The van der Waals surface area contributed by atoms with Crippen LogP contribution in [0.2, 0.25) is 0 Å². The van der Waals surface area contributed by atoms with Gasteiger partial charge < -0.3 is 10.6 Å². The molecular weight excluding hydrogens is 328 g/mol. The van der Waals surface area contributed by atoms with Crippen molar-refractivity contribution in [3.63, 3.8) is 0 Å². The zero-order chi connectivity index (χ0) is 17.6. The Hall–Kier alpha value is -3.42. The lowest BCUT2D eigenvalue weighted by Crippen LogP contribution is -2.17. The third-order valence-electron chi connectivity index (χ3n) is 3.26. The summed E-state index contributed by atoms with van der Waals surface area (Å²) in [7, 11) is 0. The standard InChI is InChI=1S/C17H13F2N5O/c18-12-4-1-5-13(19)15(12)24-16(25)14-6-8-21-17(23-14)22-10-11-3-2-7-20-9-11/h1-9H,10H2,(H,24,25)(H,21,22,23). The maximum atomic E-state index is 13.6. The van der Waals surface area contributed by atoms with Gasteiger partial charge in [-0.2, -0.15) is 0 Å². The van der Waals surface area contributed by atoms with Gasteiger partial charge in [-0.1, -0.05) is 12.1 Å². The highest BCUT2D eigenvalue weighted by molar-refractivity contribution is 6.03. The fourth-order valence-electron chi connectivity index (χ4n) is 2.05. The molecule has 2 heterocycles. The Labute approximate surface area is 142 Å². The van der Waals surface area contributed by atoms with Crippen LogP contribution in [-0.4, -0.2) is 20.9 Å². The summed E-state index contributed by atoms with van der Waals surface area (Å²) in [5.74, 6) is -2.25. The fourth-order valence-corrected chi connectivity index (χ4v) is 2.05. The number of benzene rings is 1. The lowest BCUT2D eigenvalue weighted by molar-refractivity contribution is 0.102. The molecule has 2 aromatic heterocycles. The van der Waals surface area contributed by atoms with Gasteiger partial charge in [-0.15, -0.1) is 0 Å². The first kappa shape index (κ1) is 16.4. The van der Waals surface area contributed by atoms with E-state index in [1.807, 2.05) is 6.07 Å². The molecule has 0 aliphatic rings. The molecule has 0 aliphatic heterocycles. The van der Waals surface area contributed by atoms with E-state index in [0.29, 0.717) is 6.54 Å². The molecular formula is C17H13F2N5O. The van der Waals surface area contributed by atoms with E-state index in [2.05, 4.69) is 25.6 Å². The van der Waals surface area contributed by atoms with Gasteiger partial charge in [-0.05, 0) is 29.8 Å². The van der Waals surface area contributed by atoms with Gasteiger partial charge in [0.25, 0.3) is 5.91 Å². The maximum Gasteiger partial charge on any atom is 0.274 e. The number of carbonyl (C=O) groups excluding carboxylic acids is 1. The molecule has 0 unspecified atom stereocenters. The van der Waals surface area contributed by atoms with Crippen LogP contribution in [-0.2, 0) is 6.54 Å². The second kappa shape index (κ2) is 7.43. The van der Waals surface area contributed by atoms with Crippen LogP contribution in [0, 0.1) is 11.6 Å². The van der Waals surface area contributed by atoms with Crippen LogP contribution < -0.4 is 10.6 Å². The molecule has 1 amide bonds. The van der Waals surface area contributed by atoms with E-state index in [1.165, 1.54) is 18.3 Å². The quantitative estimate of drug-likeness (QED) is 0.746. The monoisotopic (exact) mass is 341 g/mol. The Morgan fingerprint density at radius 1 is 1.04 bits per heavy atom. The Bertz CT molecular complexity index is 869. The van der Waals surface area contributed by atoms with Gasteiger partial charge >= 0.3 is 0 Å². The second-order valence-corrected chi connectivity index (χ2v) is 5.03. The van der Waals surface area contributed by atoms with Crippen molar-refractivity contribution >= 4 is 17.5 Å². The molecule has 0 radical (unpaired) electrons. The molecule has 126 valence electrons. The maximum absolute atomic E-state index is 13.6. The van der Waals surface area contributed by atoms with E-state index >= 15 is 0 Å². The fraction of sp³-hybridized carbons (Fsp3) is 0.0588. The van der Waals surface area contributed by atoms with Crippen molar-refractivity contribution in [2.75, 3.05) is 10.6 Å². The molecule has 0 saturated heterocycles. The van der Waals surface area contributed by atoms with Crippen LogP contribution in [0.1, 0.15) is 16.1 Å². The second-order valence-electron chi connectivity index (χ2n) is 5.03. The lowest BCUT2D eigenvalue weighted by Gasteiger charge is -2.08. The molecule has 8 heteroatoms. The lowest BCUT2D eigenvalue weighted by atomic mass is 10.2. The van der Waals surface area contributed by atoms with Crippen LogP contribution in [0.25, 0.3) is 0 Å². The smallest absolute Gasteiger partial charge is 0.274 e. The van der Waals surface area contributed by atoms with Gasteiger partial charge in [0.1, 0.15) is 23.0 Å². The summed E-state index contributed by atoms with van der Waals surface area (Å²) in [6, 6.07) is 8.34. The van der Waals surface area contributed by atoms with Crippen LogP contribution >= 0.6 is 0 Å². The first-order valence-corrected chi connectivity index (χ1v) is 7.34. The zero-order valence-corrected chi connectivity index (χ0v) is 12.9. The number of aromatic nitrogens is 3. The molecule has 0 spiro atoms. The number of carbonyl (C=O) groups is 1. The van der Waals surface area contributed by atoms with Crippen LogP contribution in [0.5, 0.6) is 0 Å². The van der Waals surface area contributed by atoms with Gasteiger partial charge in [-0.25, -0.2) is 18.7 Å². The molecule has 2 N–H and O–H groups in total. The summed E-state index contributed by atoms with van der Waals surface area (Å²) in [6.07, 6.45) is 4.72. The SMILES string of the molecule is O=C(Nc1c(F)cccc1F)c1ccnc(NCc2cccnc2)n1. The van der Waals surface area contributed by atoms with E-state index < -0.39 is 23.2 Å². The van der Waals surface area contributed by atoms with Crippen LogP contribution in [0.4, 0.5) is 20.4 Å². The topological polar surface area (TPSA) is 79.8 Å². The highest BCUT2D eigenvalue weighted by Crippen LogP contribution is 2.18. The molecule has 3 aromatic rings. The molecule has 0 bridgehead atoms. The summed E-state index contributed by atoms with van der Waals surface area (Å²) in [6.45, 7) is 0.418. The van der Waals surface area contributed by atoms with E-state index in [-0.39, 0.29) is 11.6 Å². The van der Waals surface area contributed by atoms with Gasteiger partial charge in [-0.3, -0.25) is 9.78 Å². The van der Waals surface area contributed by atoms with Crippen molar-refractivity contribution in [2.45, 2.75) is 6.54 Å². The van der Waals surface area contributed by atoms with Gasteiger partial charge in [0.15, 0.2) is 0 Å². The summed E-state index contributed by atoms with van der Waals surface area (Å²) in [4.78, 5) is 24.2. The molecule has 0 atom stereocenters. The van der Waals surface area contributed by atoms with Crippen molar-refractivity contribution < 1.29 is 13.6 Å². The largest absolute Gasteiger partial charge is 0.350 e. The number of amides is 1. The van der Waals surface area contributed by atoms with Crippen LogP contribution in [0.15, 0.2) is 55.0 Å². The molecule has 3 rings (SSSR count). The Balaban J connectivity index is 1.71. The third-order valence-corrected chi connectivity index (χ3v) is 3.26. The highest BCUT2D eigenvalue weighted by Gasteiger charge is 2.15. The van der Waals surface area contributed by atoms with Crippen LogP contribution in [0.3, 0.4) is 0 Å². The highest BCUT2D eigenvalue weighted by atomic mass is 19.1. The molecule has 1 aromatic carbocycles. The van der Waals surface area contributed by atoms with Gasteiger partial charge in [0.05, 0.1) is 0 Å². The number of para-hydroxylation sites is 1. The minimum Gasteiger partial charge on any atom is -0.350 e. The van der Waals surface area contributed by atoms with E-state index in [4.69, 9.17) is 0 Å². The van der Waals surface area contributed by atoms with Gasteiger partial charge in [0.2, 0.25) is 5.95 Å². The normalized spacial score (nSPS) is 10.3. The average Bonchev–Trinajstić information content (AvgIpc) is 2.64. The molecule has 0 fully saturated rings. The Kier molecular flexibility index (Phi) is 4.89. The summed E-state index contributed by atoms with van der Waals surface area (Å²) in [5.41, 5.74) is 0.372. The first-order chi connectivity index (χ1) is 12.1. The first-order valence-electron chi connectivity index (χ1n) is 7.34. The number of anilines is 2.